The van der Waals surface area contributed by atoms with Gasteiger partial charge in [0.15, 0.2) is 0 Å². The average molecular weight is 261 g/mol. The van der Waals surface area contributed by atoms with Crippen LogP contribution in [0.2, 0.25) is 0 Å². The van der Waals surface area contributed by atoms with Crippen LogP contribution in [0.3, 0.4) is 0 Å². The van der Waals surface area contributed by atoms with Crippen molar-refractivity contribution in [1.82, 2.24) is 0 Å². The molecule has 4 heteroatoms. The summed E-state index contributed by atoms with van der Waals surface area (Å²) in [6.07, 6.45) is 0. The Morgan fingerprint density at radius 3 is 2.62 bits per heavy atom. The Labute approximate surface area is 76.1 Å². The van der Waals surface area contributed by atoms with Gasteiger partial charge < -0.3 is 0 Å². The van der Waals surface area contributed by atoms with Gasteiger partial charge in [-0.2, -0.15) is 12.6 Å². The second-order valence-electron chi connectivity index (χ2n) is 1.44. The molecule has 0 amide bonds. The molecule has 1 unspecified atom stereocenters. The Hall–Kier alpha value is 1.10. The van der Waals surface area contributed by atoms with Crippen LogP contribution >= 0.6 is 48.4 Å². The van der Waals surface area contributed by atoms with Crippen LogP contribution in [0.1, 0.15) is 6.92 Å². The number of rotatable bonds is 0. The number of aliphatic imine (C=N–C) groups is 1. The Bertz CT molecular complexity index is 104. The number of thiol groups is 1. The van der Waals surface area contributed by atoms with Crippen LogP contribution in [0.4, 0.5) is 0 Å². The third-order valence-corrected chi connectivity index (χ3v) is 2.32. The molecule has 0 N–H and O–H groups in total. The molecule has 0 aliphatic carbocycles. The van der Waals surface area contributed by atoms with Gasteiger partial charge in [0.2, 0.25) is 0 Å². The fourth-order valence-electron chi connectivity index (χ4n) is 0.480. The number of nitrogens with zero attached hydrogens (tertiary/aromatic N) is 1. The first kappa shape index (κ1) is 9.10. The van der Waals surface area contributed by atoms with E-state index >= 15 is 0 Å². The van der Waals surface area contributed by atoms with E-state index in [0.29, 0.717) is 0 Å². The number of thioether (sulfide) groups is 1. The molecule has 0 saturated carbocycles. The van der Waals surface area contributed by atoms with Crippen molar-refractivity contribution in [3.8, 4) is 0 Å². The molecule has 1 rings (SSSR count). The summed E-state index contributed by atoms with van der Waals surface area (Å²) in [6.45, 7) is 2.01. The molecule has 48 valence electrons. The zero-order valence-electron chi connectivity index (χ0n) is 4.50. The minimum atomic E-state index is 0. The summed E-state index contributed by atoms with van der Waals surface area (Å²) in [5.74, 6) is 1.05. The lowest BCUT2D eigenvalue weighted by atomic mass is 10.7. The van der Waals surface area contributed by atoms with Crippen LogP contribution in [0.15, 0.2) is 4.99 Å². The summed E-state index contributed by atoms with van der Waals surface area (Å²) in [5.41, 5.74) is 0. The smallest absolute Gasteiger partial charge is 0.103 e. The molecule has 1 nitrogen and oxygen atoms in total. The monoisotopic (exact) mass is 261 g/mol. The van der Waals surface area contributed by atoms with Crippen molar-refractivity contribution in [1.29, 1.82) is 0 Å². The minimum absolute atomic E-state index is 0. The van der Waals surface area contributed by atoms with E-state index in [9.17, 15) is 0 Å². The first-order valence-electron chi connectivity index (χ1n) is 2.14. The second kappa shape index (κ2) is 4.00. The van der Waals surface area contributed by atoms with E-state index in [0.717, 1.165) is 5.75 Å². The van der Waals surface area contributed by atoms with Gasteiger partial charge in [-0.05, 0) is 6.92 Å². The van der Waals surface area contributed by atoms with Crippen molar-refractivity contribution < 1.29 is 0 Å². The summed E-state index contributed by atoms with van der Waals surface area (Å²) in [5, 5.41) is 1.44. The lowest BCUT2D eigenvalue weighted by molar-refractivity contribution is 1.09. The molecule has 0 radical (unpaired) electrons. The third kappa shape index (κ3) is 2.59. The van der Waals surface area contributed by atoms with Gasteiger partial charge in [0.25, 0.3) is 0 Å². The molecule has 0 bridgehead atoms. The Kier molecular flexibility index (Phi) is 4.55. The van der Waals surface area contributed by atoms with Crippen LogP contribution in [0.25, 0.3) is 0 Å². The maximum absolute atomic E-state index is 4.14. The molecule has 8 heavy (non-hydrogen) atoms. The van der Waals surface area contributed by atoms with Gasteiger partial charge in [-0.1, -0.05) is 0 Å². The molecule has 1 atom stereocenters. The largest absolute Gasteiger partial charge is 0.268 e. The van der Waals surface area contributed by atoms with Gasteiger partial charge in [-0.3, -0.25) is 4.99 Å². The predicted octanol–water partition coefficient (Wildman–Crippen LogP) is 2.03. The van der Waals surface area contributed by atoms with Gasteiger partial charge in [0, 0.05) is 5.75 Å². The normalized spacial score (nSPS) is 26.8. The van der Waals surface area contributed by atoms with Crippen molar-refractivity contribution in [2.24, 2.45) is 4.99 Å². The average Bonchev–Trinajstić information content (AvgIpc) is 1.87. The van der Waals surface area contributed by atoms with E-state index in [4.69, 9.17) is 0 Å². The summed E-state index contributed by atoms with van der Waals surface area (Å²) in [7, 11) is 0. The van der Waals surface area contributed by atoms with E-state index < -0.39 is 0 Å². The molecule has 0 aromatic rings. The highest BCUT2D eigenvalue weighted by Crippen LogP contribution is 2.18. The minimum Gasteiger partial charge on any atom is -0.268 e. The zero-order valence-corrected chi connectivity index (χ0v) is 8.54. The standard InChI is InChI=1S/C4H7NS2.HI/c1-3-5-4(6)2-7-3;/h4,6H,2H2,1H3;1H. The van der Waals surface area contributed by atoms with E-state index in [1.165, 1.54) is 5.04 Å². The summed E-state index contributed by atoms with van der Waals surface area (Å²) >= 11 is 5.92. The van der Waals surface area contributed by atoms with Crippen molar-refractivity contribution in [2.45, 2.75) is 12.3 Å². The van der Waals surface area contributed by atoms with Crippen LogP contribution in [-0.4, -0.2) is 16.2 Å². The van der Waals surface area contributed by atoms with Crippen molar-refractivity contribution >= 4 is 53.4 Å². The number of halogens is 1. The maximum Gasteiger partial charge on any atom is 0.103 e. The van der Waals surface area contributed by atoms with E-state index in [-0.39, 0.29) is 29.4 Å². The van der Waals surface area contributed by atoms with Crippen molar-refractivity contribution in [3.05, 3.63) is 0 Å². The Morgan fingerprint density at radius 2 is 2.50 bits per heavy atom. The van der Waals surface area contributed by atoms with E-state index in [1.54, 1.807) is 11.8 Å². The third-order valence-electron chi connectivity index (χ3n) is 0.772. The first-order chi connectivity index (χ1) is 3.29. The van der Waals surface area contributed by atoms with Crippen molar-refractivity contribution in [2.75, 3.05) is 5.75 Å². The lowest BCUT2D eigenvalue weighted by Crippen LogP contribution is -1.87. The summed E-state index contributed by atoms with van der Waals surface area (Å²) in [6, 6.07) is 0. The van der Waals surface area contributed by atoms with E-state index in [2.05, 4.69) is 17.6 Å². The van der Waals surface area contributed by atoms with Crippen molar-refractivity contribution in [3.63, 3.8) is 0 Å². The van der Waals surface area contributed by atoms with Gasteiger partial charge in [-0.25, -0.2) is 0 Å². The molecule has 1 aliphatic rings. The quantitative estimate of drug-likeness (QED) is 0.520. The summed E-state index contributed by atoms with van der Waals surface area (Å²) in [4.78, 5) is 4.13. The SMILES string of the molecule is CC1=NC(S)CS1.I. The molecule has 0 fully saturated rings. The first-order valence-corrected chi connectivity index (χ1v) is 3.64. The molecule has 1 heterocycles. The van der Waals surface area contributed by atoms with Crippen LogP contribution in [-0.2, 0) is 0 Å². The highest BCUT2D eigenvalue weighted by molar-refractivity contribution is 14.0. The number of hydrogen-bond acceptors (Lipinski definition) is 3. The van der Waals surface area contributed by atoms with Gasteiger partial charge >= 0.3 is 0 Å². The van der Waals surface area contributed by atoms with Crippen LogP contribution in [0.5, 0.6) is 0 Å². The van der Waals surface area contributed by atoms with Gasteiger partial charge in [0.05, 0.1) is 5.04 Å². The molecule has 0 spiro atoms. The van der Waals surface area contributed by atoms with Crippen LogP contribution in [0, 0.1) is 0 Å². The van der Waals surface area contributed by atoms with E-state index in [1.807, 2.05) is 6.92 Å². The molecular formula is C4H8INS2. The summed E-state index contributed by atoms with van der Waals surface area (Å²) < 4.78 is 0. The Morgan fingerprint density at radius 1 is 1.88 bits per heavy atom. The lowest BCUT2D eigenvalue weighted by Gasteiger charge is -1.86. The molecule has 0 saturated heterocycles. The molecule has 0 aromatic carbocycles. The van der Waals surface area contributed by atoms with Gasteiger partial charge in [0.1, 0.15) is 5.37 Å². The molecule has 1 aliphatic heterocycles. The van der Waals surface area contributed by atoms with Crippen LogP contribution < -0.4 is 0 Å². The zero-order chi connectivity index (χ0) is 5.28. The topological polar surface area (TPSA) is 12.4 Å². The van der Waals surface area contributed by atoms with Gasteiger partial charge in [-0.15, -0.1) is 35.7 Å². The predicted molar refractivity (Wildman–Crippen MR) is 53.8 cm³/mol. The maximum atomic E-state index is 4.14. The Balaban J connectivity index is 0.000000490. The molecule has 0 aromatic heterocycles. The fraction of sp³-hybridized carbons (Fsp3) is 0.750. The second-order valence-corrected chi connectivity index (χ2v) is 3.25. The fourth-order valence-corrected chi connectivity index (χ4v) is 1.62. The molecular weight excluding hydrogens is 253 g/mol. The number of hydrogen-bond donors (Lipinski definition) is 1. The highest BCUT2D eigenvalue weighted by atomic mass is 127. The highest BCUT2D eigenvalue weighted by Gasteiger charge is 2.08.